The number of amides is 1. The largest absolute Gasteiger partial charge is 0.396 e. The summed E-state index contributed by atoms with van der Waals surface area (Å²) < 4.78 is 0. The molecule has 0 aromatic carbocycles. The molecule has 0 aliphatic heterocycles. The molecule has 90 valence electrons. The SMILES string of the molecule is CCC(N)CC(=O)NC(CCO)C(C)C. The topological polar surface area (TPSA) is 75.4 Å². The minimum atomic E-state index is -0.0630. The molecule has 0 radical (unpaired) electrons. The highest BCUT2D eigenvalue weighted by Crippen LogP contribution is 2.06. The second-order valence-electron chi connectivity index (χ2n) is 4.30. The maximum atomic E-state index is 11.5. The number of aliphatic hydroxyl groups is 1. The highest BCUT2D eigenvalue weighted by atomic mass is 16.3. The van der Waals surface area contributed by atoms with Gasteiger partial charge in [-0.05, 0) is 18.8 Å². The second-order valence-corrected chi connectivity index (χ2v) is 4.30. The Morgan fingerprint density at radius 1 is 1.47 bits per heavy atom. The van der Waals surface area contributed by atoms with Gasteiger partial charge in [0.05, 0.1) is 0 Å². The molecule has 4 nitrogen and oxygen atoms in total. The molecule has 4 N–H and O–H groups in total. The zero-order valence-electron chi connectivity index (χ0n) is 9.99. The Morgan fingerprint density at radius 3 is 2.47 bits per heavy atom. The predicted octanol–water partition coefficient (Wildman–Crippen LogP) is 0.637. The van der Waals surface area contributed by atoms with Crippen LogP contribution in [0.2, 0.25) is 0 Å². The molecule has 0 saturated carbocycles. The van der Waals surface area contributed by atoms with Gasteiger partial charge >= 0.3 is 0 Å². The monoisotopic (exact) mass is 216 g/mol. The first-order valence-corrected chi connectivity index (χ1v) is 5.67. The van der Waals surface area contributed by atoms with E-state index in [4.69, 9.17) is 10.8 Å². The van der Waals surface area contributed by atoms with E-state index in [2.05, 4.69) is 5.32 Å². The number of rotatable bonds is 7. The average Bonchev–Trinajstić information content (AvgIpc) is 2.16. The van der Waals surface area contributed by atoms with E-state index in [1.807, 2.05) is 20.8 Å². The lowest BCUT2D eigenvalue weighted by Gasteiger charge is -2.22. The van der Waals surface area contributed by atoms with Gasteiger partial charge in [-0.25, -0.2) is 0 Å². The number of carbonyl (C=O) groups excluding carboxylic acids is 1. The Labute approximate surface area is 92.2 Å². The fourth-order valence-corrected chi connectivity index (χ4v) is 1.36. The number of nitrogens with two attached hydrogens (primary N) is 1. The lowest BCUT2D eigenvalue weighted by Crippen LogP contribution is -2.41. The number of carbonyl (C=O) groups is 1. The van der Waals surface area contributed by atoms with Gasteiger partial charge < -0.3 is 16.2 Å². The fourth-order valence-electron chi connectivity index (χ4n) is 1.36. The summed E-state index contributed by atoms with van der Waals surface area (Å²) in [7, 11) is 0. The molecule has 4 heteroatoms. The number of aliphatic hydroxyl groups excluding tert-OH is 1. The Balaban J connectivity index is 3.99. The maximum Gasteiger partial charge on any atom is 0.221 e. The first-order valence-electron chi connectivity index (χ1n) is 5.67. The summed E-state index contributed by atoms with van der Waals surface area (Å²) >= 11 is 0. The molecule has 0 fully saturated rings. The lowest BCUT2D eigenvalue weighted by molar-refractivity contribution is -0.122. The van der Waals surface area contributed by atoms with Gasteiger partial charge in [-0.15, -0.1) is 0 Å². The predicted molar refractivity (Wildman–Crippen MR) is 61.4 cm³/mol. The summed E-state index contributed by atoms with van der Waals surface area (Å²) in [6.07, 6.45) is 1.77. The van der Waals surface area contributed by atoms with Gasteiger partial charge in [0, 0.05) is 25.1 Å². The first kappa shape index (κ1) is 14.4. The van der Waals surface area contributed by atoms with Gasteiger partial charge in [-0.2, -0.15) is 0 Å². The summed E-state index contributed by atoms with van der Waals surface area (Å²) in [6.45, 7) is 6.12. The van der Waals surface area contributed by atoms with Gasteiger partial charge in [0.2, 0.25) is 5.91 Å². The third kappa shape index (κ3) is 6.47. The van der Waals surface area contributed by atoms with E-state index in [1.54, 1.807) is 0 Å². The number of hydrogen-bond donors (Lipinski definition) is 3. The molecule has 0 spiro atoms. The third-order valence-electron chi connectivity index (χ3n) is 2.56. The van der Waals surface area contributed by atoms with E-state index in [1.165, 1.54) is 0 Å². The van der Waals surface area contributed by atoms with Gasteiger partial charge in [0.1, 0.15) is 0 Å². The first-order chi connectivity index (χ1) is 7.01. The van der Waals surface area contributed by atoms with Crippen molar-refractivity contribution in [2.24, 2.45) is 11.7 Å². The van der Waals surface area contributed by atoms with E-state index in [-0.39, 0.29) is 24.6 Å². The van der Waals surface area contributed by atoms with Crippen LogP contribution in [0.3, 0.4) is 0 Å². The summed E-state index contributed by atoms with van der Waals surface area (Å²) in [5.74, 6) is 0.315. The lowest BCUT2D eigenvalue weighted by atomic mass is 10.0. The van der Waals surface area contributed by atoms with Crippen molar-refractivity contribution in [2.75, 3.05) is 6.61 Å². The molecule has 0 aliphatic carbocycles. The van der Waals surface area contributed by atoms with E-state index < -0.39 is 0 Å². The molecule has 0 heterocycles. The van der Waals surface area contributed by atoms with Gasteiger partial charge in [0.15, 0.2) is 0 Å². The molecular formula is C11H24N2O2. The van der Waals surface area contributed by atoms with E-state index in [0.717, 1.165) is 6.42 Å². The molecule has 2 unspecified atom stereocenters. The van der Waals surface area contributed by atoms with Crippen LogP contribution in [0.15, 0.2) is 0 Å². The van der Waals surface area contributed by atoms with Gasteiger partial charge in [-0.3, -0.25) is 4.79 Å². The van der Waals surface area contributed by atoms with Crippen molar-refractivity contribution in [1.82, 2.24) is 5.32 Å². The van der Waals surface area contributed by atoms with Gasteiger partial charge in [-0.1, -0.05) is 20.8 Å². The van der Waals surface area contributed by atoms with E-state index >= 15 is 0 Å². The van der Waals surface area contributed by atoms with Crippen LogP contribution in [-0.2, 0) is 4.79 Å². The summed E-state index contributed by atoms with van der Waals surface area (Å²) in [5.41, 5.74) is 5.69. The Bertz CT molecular complexity index is 183. The van der Waals surface area contributed by atoms with Crippen LogP contribution in [0.1, 0.15) is 40.0 Å². The highest BCUT2D eigenvalue weighted by Gasteiger charge is 2.16. The van der Waals surface area contributed by atoms with Crippen LogP contribution in [0.4, 0.5) is 0 Å². The molecular weight excluding hydrogens is 192 g/mol. The van der Waals surface area contributed by atoms with E-state index in [0.29, 0.717) is 18.8 Å². The Hall–Kier alpha value is -0.610. The molecule has 2 atom stereocenters. The molecule has 0 aromatic heterocycles. The summed E-state index contributed by atoms with van der Waals surface area (Å²) in [4.78, 5) is 11.5. The molecule has 0 rings (SSSR count). The van der Waals surface area contributed by atoms with E-state index in [9.17, 15) is 4.79 Å². The smallest absolute Gasteiger partial charge is 0.221 e. The third-order valence-corrected chi connectivity index (χ3v) is 2.56. The van der Waals surface area contributed by atoms with Crippen LogP contribution < -0.4 is 11.1 Å². The average molecular weight is 216 g/mol. The molecule has 0 aromatic rings. The van der Waals surface area contributed by atoms with Crippen molar-refractivity contribution in [3.63, 3.8) is 0 Å². The van der Waals surface area contributed by atoms with Crippen LogP contribution in [0, 0.1) is 5.92 Å². The number of nitrogens with one attached hydrogen (secondary N) is 1. The van der Waals surface area contributed by atoms with Crippen LogP contribution >= 0.6 is 0 Å². The molecule has 0 saturated heterocycles. The summed E-state index contributed by atoms with van der Waals surface area (Å²) in [6, 6.07) is -0.0153. The Morgan fingerprint density at radius 2 is 2.07 bits per heavy atom. The van der Waals surface area contributed by atoms with Crippen LogP contribution in [0.25, 0.3) is 0 Å². The van der Waals surface area contributed by atoms with Crippen LogP contribution in [0.5, 0.6) is 0 Å². The standard InChI is InChI=1S/C11H24N2O2/c1-4-9(12)7-11(15)13-10(5-6-14)8(2)3/h8-10,14H,4-7,12H2,1-3H3,(H,13,15). The van der Waals surface area contributed by atoms with Crippen molar-refractivity contribution in [1.29, 1.82) is 0 Å². The van der Waals surface area contributed by atoms with Crippen molar-refractivity contribution >= 4 is 5.91 Å². The minimum absolute atomic E-state index is 0.0171. The van der Waals surface area contributed by atoms with Crippen LogP contribution in [-0.4, -0.2) is 29.7 Å². The van der Waals surface area contributed by atoms with Crippen molar-refractivity contribution in [3.8, 4) is 0 Å². The normalized spacial score (nSPS) is 15.1. The maximum absolute atomic E-state index is 11.5. The molecule has 15 heavy (non-hydrogen) atoms. The zero-order chi connectivity index (χ0) is 11.8. The second kappa shape index (κ2) is 7.65. The zero-order valence-corrected chi connectivity index (χ0v) is 9.99. The van der Waals surface area contributed by atoms with Gasteiger partial charge in [0.25, 0.3) is 0 Å². The molecule has 1 amide bonds. The quantitative estimate of drug-likeness (QED) is 0.584. The van der Waals surface area contributed by atoms with Crippen molar-refractivity contribution < 1.29 is 9.90 Å². The highest BCUT2D eigenvalue weighted by molar-refractivity contribution is 5.76. The summed E-state index contributed by atoms with van der Waals surface area (Å²) in [5, 5.41) is 11.8. The minimum Gasteiger partial charge on any atom is -0.396 e. The number of hydrogen-bond acceptors (Lipinski definition) is 3. The molecule has 0 bridgehead atoms. The fraction of sp³-hybridized carbons (Fsp3) is 0.909. The molecule has 0 aliphatic rings. The van der Waals surface area contributed by atoms with Crippen molar-refractivity contribution in [2.45, 2.75) is 52.1 Å². The Kier molecular flexibility index (Phi) is 7.34. The van der Waals surface area contributed by atoms with Crippen molar-refractivity contribution in [3.05, 3.63) is 0 Å².